The molecule has 0 amide bonds. The van der Waals surface area contributed by atoms with Crippen LogP contribution < -0.4 is 5.73 Å². The van der Waals surface area contributed by atoms with Gasteiger partial charge in [0.1, 0.15) is 5.82 Å². The fraction of sp³-hybridized carbons (Fsp3) is 0.524. The van der Waals surface area contributed by atoms with Crippen LogP contribution in [-0.4, -0.2) is 31.1 Å². The minimum Gasteiger partial charge on any atom is -0.327 e. The summed E-state index contributed by atoms with van der Waals surface area (Å²) >= 11 is 0. The lowest BCUT2D eigenvalue weighted by Crippen LogP contribution is -2.60. The van der Waals surface area contributed by atoms with Crippen molar-refractivity contribution in [2.45, 2.75) is 39.5 Å². The van der Waals surface area contributed by atoms with Gasteiger partial charge in [0.15, 0.2) is 0 Å². The number of halogens is 1. The second-order valence-corrected chi connectivity index (χ2v) is 7.60. The number of hydrogen-bond donors (Lipinski definition) is 1. The molecule has 2 fully saturated rings. The number of nitrogens with zero attached hydrogens (tertiary/aromatic N) is 1. The maximum Gasteiger partial charge on any atom is 0.126 e. The lowest BCUT2D eigenvalue weighted by molar-refractivity contribution is -0.0543. The number of likely N-dealkylation sites (tertiary alicyclic amines) is 1. The summed E-state index contributed by atoms with van der Waals surface area (Å²) in [4.78, 5) is 2.50. The molecule has 2 aliphatic rings. The molecule has 2 N–H and O–H groups in total. The zero-order chi connectivity index (χ0) is 17.2. The van der Waals surface area contributed by atoms with Crippen molar-refractivity contribution in [3.63, 3.8) is 0 Å². The molecule has 1 saturated carbocycles. The van der Waals surface area contributed by atoms with E-state index in [1.165, 1.54) is 37.9 Å². The van der Waals surface area contributed by atoms with Crippen LogP contribution in [0.15, 0.2) is 41.5 Å². The number of allylic oxidation sites excluding steroid dienone is 3. The van der Waals surface area contributed by atoms with Crippen LogP contribution >= 0.6 is 0 Å². The SMILES string of the molecule is C/C=C\C(Cc1ccc(C)cc1F)=C(/CN)CN1CC2(CCC2)C1. The molecule has 130 valence electrons. The number of benzene rings is 1. The molecular weight excluding hydrogens is 299 g/mol. The van der Waals surface area contributed by atoms with E-state index in [4.69, 9.17) is 5.73 Å². The molecule has 24 heavy (non-hydrogen) atoms. The smallest absolute Gasteiger partial charge is 0.126 e. The van der Waals surface area contributed by atoms with Crippen molar-refractivity contribution in [1.82, 2.24) is 4.90 Å². The van der Waals surface area contributed by atoms with E-state index in [1.54, 1.807) is 6.07 Å². The van der Waals surface area contributed by atoms with Gasteiger partial charge in [0.05, 0.1) is 0 Å². The van der Waals surface area contributed by atoms with Gasteiger partial charge < -0.3 is 5.73 Å². The van der Waals surface area contributed by atoms with Crippen LogP contribution in [0.3, 0.4) is 0 Å². The lowest BCUT2D eigenvalue weighted by atomic mass is 9.63. The van der Waals surface area contributed by atoms with Crippen molar-refractivity contribution < 1.29 is 4.39 Å². The van der Waals surface area contributed by atoms with E-state index >= 15 is 0 Å². The monoisotopic (exact) mass is 328 g/mol. The summed E-state index contributed by atoms with van der Waals surface area (Å²) in [7, 11) is 0. The van der Waals surface area contributed by atoms with Crippen LogP contribution in [0, 0.1) is 18.2 Å². The number of aryl methyl sites for hydroxylation is 1. The lowest BCUT2D eigenvalue weighted by Gasteiger charge is -2.56. The molecule has 1 aromatic carbocycles. The van der Waals surface area contributed by atoms with Crippen LogP contribution in [0.1, 0.15) is 37.3 Å². The normalized spacial score (nSPS) is 20.8. The number of rotatable bonds is 6. The molecular formula is C21H29FN2. The average molecular weight is 328 g/mol. The van der Waals surface area contributed by atoms with Crippen LogP contribution in [0.4, 0.5) is 4.39 Å². The minimum absolute atomic E-state index is 0.120. The third-order valence-corrected chi connectivity index (χ3v) is 5.60. The van der Waals surface area contributed by atoms with Crippen molar-refractivity contribution in [2.75, 3.05) is 26.2 Å². The number of nitrogens with two attached hydrogens (primary N) is 1. The van der Waals surface area contributed by atoms with Gasteiger partial charge in [-0.05, 0) is 60.4 Å². The Morgan fingerprint density at radius 2 is 2.08 bits per heavy atom. The van der Waals surface area contributed by atoms with Crippen LogP contribution in [-0.2, 0) is 6.42 Å². The molecule has 3 heteroatoms. The third kappa shape index (κ3) is 3.62. The molecule has 1 aromatic rings. The highest BCUT2D eigenvalue weighted by Crippen LogP contribution is 2.48. The predicted molar refractivity (Wildman–Crippen MR) is 98.5 cm³/mol. The molecule has 3 rings (SSSR count). The first kappa shape index (κ1) is 17.4. The summed E-state index contributed by atoms with van der Waals surface area (Å²) in [6.07, 6.45) is 8.91. The van der Waals surface area contributed by atoms with E-state index in [0.29, 0.717) is 18.4 Å². The fourth-order valence-corrected chi connectivity index (χ4v) is 4.08. The van der Waals surface area contributed by atoms with Crippen molar-refractivity contribution in [3.05, 3.63) is 58.4 Å². The van der Waals surface area contributed by atoms with E-state index in [1.807, 2.05) is 32.1 Å². The molecule has 0 atom stereocenters. The molecule has 0 bridgehead atoms. The van der Waals surface area contributed by atoms with Crippen LogP contribution in [0.5, 0.6) is 0 Å². The van der Waals surface area contributed by atoms with Gasteiger partial charge in [-0.2, -0.15) is 0 Å². The van der Waals surface area contributed by atoms with Crippen LogP contribution in [0.2, 0.25) is 0 Å². The molecule has 0 radical (unpaired) electrons. The third-order valence-electron chi connectivity index (χ3n) is 5.60. The van der Waals surface area contributed by atoms with E-state index in [-0.39, 0.29) is 5.82 Å². The van der Waals surface area contributed by atoms with Crippen molar-refractivity contribution in [2.24, 2.45) is 11.1 Å². The first-order valence-corrected chi connectivity index (χ1v) is 9.06. The molecule has 1 heterocycles. The van der Waals surface area contributed by atoms with Gasteiger partial charge in [0.2, 0.25) is 0 Å². The van der Waals surface area contributed by atoms with Gasteiger partial charge >= 0.3 is 0 Å². The summed E-state index contributed by atoms with van der Waals surface area (Å²) in [5, 5.41) is 0. The van der Waals surface area contributed by atoms with E-state index in [0.717, 1.165) is 23.2 Å². The quantitative estimate of drug-likeness (QED) is 0.800. The molecule has 0 aromatic heterocycles. The Morgan fingerprint density at radius 3 is 2.62 bits per heavy atom. The fourth-order valence-electron chi connectivity index (χ4n) is 4.08. The van der Waals surface area contributed by atoms with Crippen molar-refractivity contribution in [3.8, 4) is 0 Å². The van der Waals surface area contributed by atoms with Gasteiger partial charge in [-0.15, -0.1) is 0 Å². The van der Waals surface area contributed by atoms with Gasteiger partial charge in [-0.1, -0.05) is 30.7 Å². The minimum atomic E-state index is -0.120. The second-order valence-electron chi connectivity index (χ2n) is 7.60. The topological polar surface area (TPSA) is 29.3 Å². The summed E-state index contributed by atoms with van der Waals surface area (Å²) in [5.41, 5.74) is 10.8. The Labute approximate surface area is 145 Å². The Morgan fingerprint density at radius 1 is 1.33 bits per heavy atom. The highest BCUT2D eigenvalue weighted by atomic mass is 19.1. The second kappa shape index (κ2) is 7.20. The maximum atomic E-state index is 14.2. The highest BCUT2D eigenvalue weighted by molar-refractivity contribution is 5.35. The van der Waals surface area contributed by atoms with Gasteiger partial charge in [-0.25, -0.2) is 4.39 Å². The van der Waals surface area contributed by atoms with Crippen LogP contribution in [0.25, 0.3) is 0 Å². The zero-order valence-corrected chi connectivity index (χ0v) is 14.9. The van der Waals surface area contributed by atoms with Gasteiger partial charge in [0, 0.05) is 32.6 Å². The Bertz CT molecular complexity index is 648. The van der Waals surface area contributed by atoms with E-state index in [2.05, 4.69) is 11.0 Å². The Kier molecular flexibility index (Phi) is 5.21. The first-order valence-electron chi connectivity index (χ1n) is 9.06. The van der Waals surface area contributed by atoms with E-state index < -0.39 is 0 Å². The summed E-state index contributed by atoms with van der Waals surface area (Å²) in [6.45, 7) is 7.80. The summed E-state index contributed by atoms with van der Waals surface area (Å²) in [5.74, 6) is -0.120. The Hall–Kier alpha value is -1.45. The van der Waals surface area contributed by atoms with Gasteiger partial charge in [0.25, 0.3) is 0 Å². The number of hydrogen-bond acceptors (Lipinski definition) is 2. The summed E-state index contributed by atoms with van der Waals surface area (Å²) in [6, 6.07) is 5.49. The standard InChI is InChI=1S/C21H29FN2/c1-3-5-17(11-18-7-6-16(2)10-20(18)22)19(12-23)13-24-14-21(15-24)8-4-9-21/h3,5-7,10H,4,8-9,11-15,23H2,1-2H3/b5-3-,19-17-. The van der Waals surface area contributed by atoms with Crippen molar-refractivity contribution in [1.29, 1.82) is 0 Å². The molecule has 1 spiro atoms. The highest BCUT2D eigenvalue weighted by Gasteiger charge is 2.46. The molecule has 1 aliphatic carbocycles. The molecule has 1 aliphatic heterocycles. The Balaban J connectivity index is 1.74. The van der Waals surface area contributed by atoms with E-state index in [9.17, 15) is 4.39 Å². The average Bonchev–Trinajstić information content (AvgIpc) is 2.47. The molecule has 0 unspecified atom stereocenters. The van der Waals surface area contributed by atoms with Gasteiger partial charge in [-0.3, -0.25) is 4.90 Å². The summed E-state index contributed by atoms with van der Waals surface area (Å²) < 4.78 is 14.2. The molecule has 1 saturated heterocycles. The first-order chi connectivity index (χ1) is 11.5. The largest absolute Gasteiger partial charge is 0.327 e. The maximum absolute atomic E-state index is 14.2. The van der Waals surface area contributed by atoms with Crippen molar-refractivity contribution >= 4 is 0 Å². The predicted octanol–water partition coefficient (Wildman–Crippen LogP) is 3.99. The zero-order valence-electron chi connectivity index (χ0n) is 14.9. The molecule has 2 nitrogen and oxygen atoms in total.